The van der Waals surface area contributed by atoms with Gasteiger partial charge < -0.3 is 18.7 Å². The molecule has 0 aliphatic carbocycles. The monoisotopic (exact) mass is 495 g/mol. The summed E-state index contributed by atoms with van der Waals surface area (Å²) in [4.78, 5) is 29.7. The molecule has 0 radical (unpaired) electrons. The minimum Gasteiger partial charge on any atom is -0.493 e. The summed E-state index contributed by atoms with van der Waals surface area (Å²) in [5, 5.41) is 6.55. The van der Waals surface area contributed by atoms with Gasteiger partial charge in [-0.3, -0.25) is 14.2 Å². The van der Waals surface area contributed by atoms with Gasteiger partial charge in [-0.2, -0.15) is 0 Å². The fraction of sp³-hybridized carbons (Fsp3) is 0.280. The molecular formula is C25H25N3O6S. The normalized spacial score (nSPS) is 10.9. The van der Waals surface area contributed by atoms with Crippen LogP contribution in [0.4, 0.5) is 0 Å². The Balaban J connectivity index is 1.38. The summed E-state index contributed by atoms with van der Waals surface area (Å²) in [5.74, 6) is 1.68. The molecule has 9 nitrogen and oxygen atoms in total. The van der Waals surface area contributed by atoms with Crippen molar-refractivity contribution in [3.8, 4) is 27.9 Å². The molecule has 4 aromatic rings. The molecule has 0 atom stereocenters. The molecule has 182 valence electrons. The first-order valence-corrected chi connectivity index (χ1v) is 11.7. The van der Waals surface area contributed by atoms with Crippen LogP contribution in [0.3, 0.4) is 0 Å². The molecule has 0 aliphatic heterocycles. The maximum Gasteiger partial charge on any atom is 0.312 e. The summed E-state index contributed by atoms with van der Waals surface area (Å²) >= 11 is 1.41. The van der Waals surface area contributed by atoms with Crippen LogP contribution in [0.15, 0.2) is 40.2 Å². The highest BCUT2D eigenvalue weighted by molar-refractivity contribution is 7.13. The van der Waals surface area contributed by atoms with E-state index in [0.29, 0.717) is 40.0 Å². The molecule has 10 heteroatoms. The van der Waals surface area contributed by atoms with Gasteiger partial charge in [0.1, 0.15) is 10.8 Å². The Kier molecular flexibility index (Phi) is 7.02. The highest BCUT2D eigenvalue weighted by atomic mass is 32.1. The summed E-state index contributed by atoms with van der Waals surface area (Å²) in [6, 6.07) is 9.05. The third-order valence-corrected chi connectivity index (χ3v) is 6.39. The van der Waals surface area contributed by atoms with Crippen LogP contribution < -0.4 is 9.47 Å². The zero-order chi connectivity index (χ0) is 25.1. The first kappa shape index (κ1) is 24.2. The Morgan fingerprint density at radius 2 is 1.83 bits per heavy atom. The maximum absolute atomic E-state index is 12.8. The predicted molar refractivity (Wildman–Crippen MR) is 130 cm³/mol. The number of carbonyl (C=O) groups excluding carboxylic acids is 2. The van der Waals surface area contributed by atoms with Gasteiger partial charge in [0.05, 0.1) is 26.3 Å². The smallest absolute Gasteiger partial charge is 0.312 e. The average molecular weight is 496 g/mol. The Morgan fingerprint density at radius 1 is 1.06 bits per heavy atom. The van der Waals surface area contributed by atoms with Crippen molar-refractivity contribution in [3.63, 3.8) is 0 Å². The second kappa shape index (κ2) is 10.1. The molecule has 0 spiro atoms. The van der Waals surface area contributed by atoms with Crippen molar-refractivity contribution in [1.29, 1.82) is 0 Å². The van der Waals surface area contributed by atoms with E-state index in [1.165, 1.54) is 11.3 Å². The van der Waals surface area contributed by atoms with Crippen molar-refractivity contribution in [1.82, 2.24) is 14.7 Å². The SMILES string of the molecule is COc1ccc(-c2nc(CC(=O)OCC(=O)c3cc(C)n(-c4cc(C)on4)c3C)cs2)cc1OC. The number of hydrogen-bond donors (Lipinski definition) is 0. The van der Waals surface area contributed by atoms with E-state index in [9.17, 15) is 9.59 Å². The molecule has 35 heavy (non-hydrogen) atoms. The van der Waals surface area contributed by atoms with Crippen LogP contribution in [0, 0.1) is 20.8 Å². The molecular weight excluding hydrogens is 470 g/mol. The van der Waals surface area contributed by atoms with Crippen LogP contribution in [0.1, 0.15) is 33.2 Å². The number of methoxy groups -OCH3 is 2. The predicted octanol–water partition coefficient (Wildman–Crippen LogP) is 4.50. The number of ketones is 1. The van der Waals surface area contributed by atoms with E-state index in [2.05, 4.69) is 10.1 Å². The lowest BCUT2D eigenvalue weighted by molar-refractivity contribution is -0.141. The lowest BCUT2D eigenvalue weighted by Gasteiger charge is -2.08. The van der Waals surface area contributed by atoms with Gasteiger partial charge in [-0.15, -0.1) is 11.3 Å². The largest absolute Gasteiger partial charge is 0.493 e. The fourth-order valence-electron chi connectivity index (χ4n) is 3.77. The second-order valence-electron chi connectivity index (χ2n) is 7.89. The number of nitrogens with zero attached hydrogens (tertiary/aromatic N) is 3. The molecule has 3 aromatic heterocycles. The third kappa shape index (κ3) is 5.12. The molecule has 0 fully saturated rings. The average Bonchev–Trinajstić information content (AvgIpc) is 3.56. The zero-order valence-electron chi connectivity index (χ0n) is 20.1. The summed E-state index contributed by atoms with van der Waals surface area (Å²) in [6.45, 7) is 5.14. The van der Waals surface area contributed by atoms with E-state index in [4.69, 9.17) is 18.7 Å². The highest BCUT2D eigenvalue weighted by Crippen LogP contribution is 2.33. The summed E-state index contributed by atoms with van der Waals surface area (Å²) < 4.78 is 22.8. The van der Waals surface area contributed by atoms with Gasteiger partial charge in [0, 0.05) is 34.0 Å². The quantitative estimate of drug-likeness (QED) is 0.247. The van der Waals surface area contributed by atoms with Gasteiger partial charge in [-0.25, -0.2) is 4.98 Å². The summed E-state index contributed by atoms with van der Waals surface area (Å²) in [6.07, 6.45) is -0.0334. The molecule has 0 saturated carbocycles. The van der Waals surface area contributed by atoms with E-state index in [1.807, 2.05) is 30.5 Å². The standard InChI is InChI=1S/C25H25N3O6S/c1-14-8-19(16(3)28(14)23-9-15(2)34-27-23)20(29)12-33-24(30)11-18-13-35-25(26-18)17-6-7-21(31-4)22(10-17)32-5/h6-10,13H,11-12H2,1-5H3. The van der Waals surface area contributed by atoms with E-state index >= 15 is 0 Å². The minimum absolute atomic E-state index is 0.0334. The molecule has 0 amide bonds. The Hall–Kier alpha value is -3.92. The van der Waals surface area contributed by atoms with Crippen molar-refractivity contribution in [2.75, 3.05) is 20.8 Å². The first-order valence-electron chi connectivity index (χ1n) is 10.8. The fourth-order valence-corrected chi connectivity index (χ4v) is 4.59. The van der Waals surface area contributed by atoms with Crippen LogP contribution in [-0.4, -0.2) is 47.3 Å². The Morgan fingerprint density at radius 3 is 2.51 bits per heavy atom. The van der Waals surface area contributed by atoms with Gasteiger partial charge in [0.2, 0.25) is 5.78 Å². The lowest BCUT2D eigenvalue weighted by Crippen LogP contribution is -2.16. The minimum atomic E-state index is -0.525. The summed E-state index contributed by atoms with van der Waals surface area (Å²) in [7, 11) is 3.14. The molecule has 4 rings (SSSR count). The van der Waals surface area contributed by atoms with Gasteiger partial charge in [0.15, 0.2) is 23.9 Å². The second-order valence-corrected chi connectivity index (χ2v) is 8.75. The third-order valence-electron chi connectivity index (χ3n) is 5.45. The van der Waals surface area contributed by atoms with Gasteiger partial charge in [0.25, 0.3) is 0 Å². The van der Waals surface area contributed by atoms with Crippen molar-refractivity contribution in [2.24, 2.45) is 0 Å². The molecule has 0 aliphatic rings. The van der Waals surface area contributed by atoms with Gasteiger partial charge in [-0.1, -0.05) is 5.16 Å². The lowest BCUT2D eigenvalue weighted by atomic mass is 10.1. The molecule has 1 aromatic carbocycles. The molecule has 3 heterocycles. The van der Waals surface area contributed by atoms with E-state index in [1.54, 1.807) is 44.7 Å². The Bertz CT molecular complexity index is 1380. The number of rotatable bonds is 9. The highest BCUT2D eigenvalue weighted by Gasteiger charge is 2.20. The molecule has 0 unspecified atom stereocenters. The first-order chi connectivity index (χ1) is 16.8. The molecule has 0 saturated heterocycles. The topological polar surface area (TPSA) is 106 Å². The zero-order valence-corrected chi connectivity index (χ0v) is 20.9. The van der Waals surface area contributed by atoms with E-state index < -0.39 is 5.97 Å². The number of aromatic nitrogens is 3. The number of esters is 1. The molecule has 0 bridgehead atoms. The van der Waals surface area contributed by atoms with Crippen molar-refractivity contribution in [3.05, 3.63) is 64.1 Å². The van der Waals surface area contributed by atoms with Crippen LogP contribution >= 0.6 is 11.3 Å². The van der Waals surface area contributed by atoms with Crippen LogP contribution in [0.25, 0.3) is 16.4 Å². The summed E-state index contributed by atoms with van der Waals surface area (Å²) in [5.41, 5.74) is 3.42. The number of thiazole rings is 1. The van der Waals surface area contributed by atoms with Gasteiger partial charge in [-0.05, 0) is 45.0 Å². The number of benzene rings is 1. The number of ether oxygens (including phenoxy) is 3. The van der Waals surface area contributed by atoms with Crippen LogP contribution in [-0.2, 0) is 16.0 Å². The van der Waals surface area contributed by atoms with Crippen LogP contribution in [0.2, 0.25) is 0 Å². The number of carbonyl (C=O) groups is 2. The van der Waals surface area contributed by atoms with Gasteiger partial charge >= 0.3 is 5.97 Å². The number of Topliss-reactive ketones (excluding diaryl/α,β-unsaturated/α-hetero) is 1. The van der Waals surface area contributed by atoms with Crippen LogP contribution in [0.5, 0.6) is 11.5 Å². The van der Waals surface area contributed by atoms with Crippen molar-refractivity contribution >= 4 is 23.1 Å². The van der Waals surface area contributed by atoms with E-state index in [-0.39, 0.29) is 18.8 Å². The number of hydrogen-bond acceptors (Lipinski definition) is 9. The number of aryl methyl sites for hydroxylation is 2. The molecule has 0 N–H and O–H groups in total. The van der Waals surface area contributed by atoms with Crippen molar-refractivity contribution in [2.45, 2.75) is 27.2 Å². The van der Waals surface area contributed by atoms with Crippen molar-refractivity contribution < 1.29 is 28.3 Å². The van der Waals surface area contributed by atoms with E-state index in [0.717, 1.165) is 16.3 Å². The Labute approximate surface area is 206 Å². The maximum atomic E-state index is 12.8.